The molecule has 2 aromatic rings. The van der Waals surface area contributed by atoms with Gasteiger partial charge >= 0.3 is 0 Å². The first kappa shape index (κ1) is 16.1. The Hall–Kier alpha value is -1.81. The van der Waals surface area contributed by atoms with E-state index >= 15 is 0 Å². The molecule has 23 heavy (non-hydrogen) atoms. The average Bonchev–Trinajstić information content (AvgIpc) is 2.89. The summed E-state index contributed by atoms with van der Waals surface area (Å²) in [6.07, 6.45) is 5.97. The van der Waals surface area contributed by atoms with E-state index in [1.165, 1.54) is 10.9 Å². The Kier molecular flexibility index (Phi) is 4.71. The second kappa shape index (κ2) is 6.75. The van der Waals surface area contributed by atoms with E-state index in [2.05, 4.69) is 48.1 Å². The largest absolute Gasteiger partial charge is 0.347 e. The van der Waals surface area contributed by atoms with Gasteiger partial charge in [-0.25, -0.2) is 0 Å². The number of nitrogens with zero attached hydrogens (tertiary/aromatic N) is 1. The summed E-state index contributed by atoms with van der Waals surface area (Å²) in [6, 6.07) is 8.45. The van der Waals surface area contributed by atoms with Gasteiger partial charge in [0.15, 0.2) is 0 Å². The lowest BCUT2D eigenvalue weighted by molar-refractivity contribution is -0.120. The number of carbonyl (C=O) groups is 1. The van der Waals surface area contributed by atoms with Gasteiger partial charge in [-0.2, -0.15) is 0 Å². The number of anilines is 1. The van der Waals surface area contributed by atoms with Crippen molar-refractivity contribution < 1.29 is 4.79 Å². The summed E-state index contributed by atoms with van der Waals surface area (Å²) in [7, 11) is 0. The van der Waals surface area contributed by atoms with Gasteiger partial charge in [-0.15, -0.1) is 0 Å². The lowest BCUT2D eigenvalue weighted by Crippen LogP contribution is -2.34. The van der Waals surface area contributed by atoms with Gasteiger partial charge in [-0.3, -0.25) is 4.79 Å². The van der Waals surface area contributed by atoms with Crippen LogP contribution in [-0.2, 0) is 11.3 Å². The fourth-order valence-electron chi connectivity index (χ4n) is 3.54. The van der Waals surface area contributed by atoms with Crippen molar-refractivity contribution in [2.45, 2.75) is 52.1 Å². The summed E-state index contributed by atoms with van der Waals surface area (Å²) in [5, 5.41) is 4.24. The minimum Gasteiger partial charge on any atom is -0.347 e. The molecule has 1 fully saturated rings. The minimum atomic E-state index is 0.0555. The monoisotopic (exact) mass is 313 g/mol. The number of aromatic nitrogens is 1. The lowest BCUT2D eigenvalue weighted by atomic mass is 9.85. The summed E-state index contributed by atoms with van der Waals surface area (Å²) in [5.41, 5.74) is 8.09. The number of amides is 1. The smallest absolute Gasteiger partial charge is 0.227 e. The molecule has 0 radical (unpaired) electrons. The Bertz CT molecular complexity index is 689. The second-order valence-corrected chi connectivity index (χ2v) is 7.25. The van der Waals surface area contributed by atoms with Crippen LogP contribution >= 0.6 is 0 Å². The van der Waals surface area contributed by atoms with Gasteiger partial charge in [0.1, 0.15) is 0 Å². The molecule has 4 heteroatoms. The molecule has 1 aromatic carbocycles. The Labute approximate surface area is 138 Å². The van der Waals surface area contributed by atoms with E-state index in [1.807, 2.05) is 6.07 Å². The maximum Gasteiger partial charge on any atom is 0.227 e. The number of rotatable bonds is 4. The van der Waals surface area contributed by atoms with Gasteiger partial charge < -0.3 is 15.6 Å². The summed E-state index contributed by atoms with van der Waals surface area (Å²) >= 11 is 0. The molecule has 4 nitrogen and oxygen atoms in total. The molecule has 1 amide bonds. The van der Waals surface area contributed by atoms with Gasteiger partial charge in [0.25, 0.3) is 0 Å². The van der Waals surface area contributed by atoms with Crippen molar-refractivity contribution >= 4 is 22.5 Å². The van der Waals surface area contributed by atoms with Gasteiger partial charge in [-0.1, -0.05) is 20.3 Å². The van der Waals surface area contributed by atoms with Crippen molar-refractivity contribution in [3.8, 4) is 0 Å². The molecule has 124 valence electrons. The molecule has 1 saturated carbocycles. The Balaban J connectivity index is 1.72. The Morgan fingerprint density at radius 3 is 2.91 bits per heavy atom. The summed E-state index contributed by atoms with van der Waals surface area (Å²) in [5.74, 6) is 0.779. The molecule has 1 aromatic heterocycles. The molecular formula is C19H27N3O. The van der Waals surface area contributed by atoms with E-state index in [9.17, 15) is 4.79 Å². The molecule has 0 spiro atoms. The number of fused-ring (bicyclic) bond motifs is 1. The molecule has 0 saturated heterocycles. The number of hydrogen-bond donors (Lipinski definition) is 2. The molecule has 1 aliphatic rings. The zero-order valence-electron chi connectivity index (χ0n) is 14.1. The molecule has 2 unspecified atom stereocenters. The molecule has 3 N–H and O–H groups in total. The van der Waals surface area contributed by atoms with Crippen molar-refractivity contribution in [1.82, 2.24) is 4.57 Å². The normalized spacial score (nSPS) is 21.7. The van der Waals surface area contributed by atoms with E-state index in [0.29, 0.717) is 5.92 Å². The van der Waals surface area contributed by atoms with Crippen molar-refractivity contribution in [2.24, 2.45) is 17.6 Å². The average molecular weight is 313 g/mol. The van der Waals surface area contributed by atoms with Gasteiger partial charge in [0, 0.05) is 41.3 Å². The van der Waals surface area contributed by atoms with Crippen LogP contribution in [0.5, 0.6) is 0 Å². The standard InChI is InChI=1S/C19H27N3O/c1-13(2)12-22-9-8-14-11-17(6-7-18(14)22)21-19(23)15-4-3-5-16(20)10-15/h6-9,11,13,15-16H,3-5,10,12,20H2,1-2H3,(H,21,23). The number of hydrogen-bond acceptors (Lipinski definition) is 2. The fourth-order valence-corrected chi connectivity index (χ4v) is 3.54. The molecule has 2 atom stereocenters. The maximum atomic E-state index is 12.4. The van der Waals surface area contributed by atoms with E-state index < -0.39 is 0 Å². The SMILES string of the molecule is CC(C)Cn1ccc2cc(NC(=O)C3CCCC(N)C3)ccc21. The lowest BCUT2D eigenvalue weighted by Gasteiger charge is -2.25. The fraction of sp³-hybridized carbons (Fsp3) is 0.526. The van der Waals surface area contributed by atoms with Gasteiger partial charge in [0.2, 0.25) is 5.91 Å². The zero-order chi connectivity index (χ0) is 16.4. The first-order chi connectivity index (χ1) is 11.0. The highest BCUT2D eigenvalue weighted by Crippen LogP contribution is 2.26. The number of nitrogens with two attached hydrogens (primary N) is 1. The second-order valence-electron chi connectivity index (χ2n) is 7.25. The van der Waals surface area contributed by atoms with Gasteiger partial charge in [-0.05, 0) is 49.4 Å². The first-order valence-corrected chi connectivity index (χ1v) is 8.68. The molecule has 0 aliphatic heterocycles. The van der Waals surface area contributed by atoms with Crippen LogP contribution in [0.2, 0.25) is 0 Å². The molecule has 1 aliphatic carbocycles. The van der Waals surface area contributed by atoms with Crippen LogP contribution in [0.3, 0.4) is 0 Å². The molecule has 3 rings (SSSR count). The van der Waals surface area contributed by atoms with Crippen LogP contribution in [0.15, 0.2) is 30.5 Å². The topological polar surface area (TPSA) is 60.0 Å². The highest BCUT2D eigenvalue weighted by Gasteiger charge is 2.25. The summed E-state index contributed by atoms with van der Waals surface area (Å²) < 4.78 is 2.27. The van der Waals surface area contributed by atoms with Crippen molar-refractivity contribution in [3.05, 3.63) is 30.5 Å². The van der Waals surface area contributed by atoms with Crippen molar-refractivity contribution in [3.63, 3.8) is 0 Å². The third-order valence-electron chi connectivity index (χ3n) is 4.69. The maximum absolute atomic E-state index is 12.4. The van der Waals surface area contributed by atoms with Crippen molar-refractivity contribution in [1.29, 1.82) is 0 Å². The van der Waals surface area contributed by atoms with E-state index in [4.69, 9.17) is 5.73 Å². The van der Waals surface area contributed by atoms with Crippen LogP contribution in [0.25, 0.3) is 10.9 Å². The van der Waals surface area contributed by atoms with Gasteiger partial charge in [0.05, 0.1) is 0 Å². The highest BCUT2D eigenvalue weighted by atomic mass is 16.1. The third-order valence-corrected chi connectivity index (χ3v) is 4.69. The predicted octanol–water partition coefficient (Wildman–Crippen LogP) is 3.75. The molecule has 0 bridgehead atoms. The Morgan fingerprint density at radius 1 is 1.35 bits per heavy atom. The number of nitrogens with one attached hydrogen (secondary N) is 1. The van der Waals surface area contributed by atoms with E-state index in [-0.39, 0.29) is 17.9 Å². The third kappa shape index (κ3) is 3.75. The van der Waals surface area contributed by atoms with Crippen LogP contribution in [-0.4, -0.2) is 16.5 Å². The zero-order valence-corrected chi connectivity index (χ0v) is 14.1. The Morgan fingerprint density at radius 2 is 2.17 bits per heavy atom. The molecular weight excluding hydrogens is 286 g/mol. The van der Waals surface area contributed by atoms with Crippen LogP contribution in [0, 0.1) is 11.8 Å². The minimum absolute atomic E-state index is 0.0555. The van der Waals surface area contributed by atoms with Crippen LogP contribution < -0.4 is 11.1 Å². The van der Waals surface area contributed by atoms with Crippen LogP contribution in [0.1, 0.15) is 39.5 Å². The predicted molar refractivity (Wildman–Crippen MR) is 95.3 cm³/mol. The first-order valence-electron chi connectivity index (χ1n) is 8.68. The number of benzene rings is 1. The summed E-state index contributed by atoms with van der Waals surface area (Å²) in [4.78, 5) is 12.4. The highest BCUT2D eigenvalue weighted by molar-refractivity contribution is 5.95. The molecule has 1 heterocycles. The van der Waals surface area contributed by atoms with E-state index in [1.54, 1.807) is 0 Å². The summed E-state index contributed by atoms with van der Waals surface area (Å²) in [6.45, 7) is 5.44. The quantitative estimate of drug-likeness (QED) is 0.903. The van der Waals surface area contributed by atoms with E-state index in [0.717, 1.165) is 37.9 Å². The number of carbonyl (C=O) groups excluding carboxylic acids is 1. The van der Waals surface area contributed by atoms with Crippen LogP contribution in [0.4, 0.5) is 5.69 Å². The van der Waals surface area contributed by atoms with Crippen molar-refractivity contribution in [2.75, 3.05) is 5.32 Å².